The summed E-state index contributed by atoms with van der Waals surface area (Å²) < 4.78 is 5.10. The van der Waals surface area contributed by atoms with Crippen molar-refractivity contribution in [1.82, 2.24) is 9.97 Å². The Bertz CT molecular complexity index is 614. The Kier molecular flexibility index (Phi) is 3.68. The number of nitrogens with zero attached hydrogens (tertiary/aromatic N) is 2. The van der Waals surface area contributed by atoms with Gasteiger partial charge >= 0.3 is 5.97 Å². The van der Waals surface area contributed by atoms with Crippen molar-refractivity contribution in [3.8, 4) is 0 Å². The van der Waals surface area contributed by atoms with Gasteiger partial charge < -0.3 is 4.74 Å². The lowest BCUT2D eigenvalue weighted by Crippen LogP contribution is -2.11. The predicted octanol–water partition coefficient (Wildman–Crippen LogP) is 3.50. The number of hydrogen-bond donors (Lipinski definition) is 0. The van der Waals surface area contributed by atoms with Crippen molar-refractivity contribution in [2.45, 2.75) is 20.0 Å². The average molecular weight is 285 g/mol. The Morgan fingerprint density at radius 2 is 2.00 bits per heavy atom. The molecule has 6 heteroatoms. The van der Waals surface area contributed by atoms with Gasteiger partial charge in [0.05, 0.1) is 17.2 Å². The van der Waals surface area contributed by atoms with Crippen LogP contribution in [-0.4, -0.2) is 22.0 Å². The molecule has 4 nitrogen and oxygen atoms in total. The molecule has 18 heavy (non-hydrogen) atoms. The highest BCUT2D eigenvalue weighted by molar-refractivity contribution is 6.35. The molecule has 0 atom stereocenters. The largest absolute Gasteiger partial charge is 0.459 e. The molecule has 0 saturated heterocycles. The molecule has 0 saturated carbocycles. The molecular weight excluding hydrogens is 275 g/mol. The molecule has 0 unspecified atom stereocenters. The maximum absolute atomic E-state index is 11.7. The van der Waals surface area contributed by atoms with E-state index in [4.69, 9.17) is 27.9 Å². The summed E-state index contributed by atoms with van der Waals surface area (Å²) in [5, 5.41) is 0.942. The maximum atomic E-state index is 11.7. The number of carbonyl (C=O) groups is 1. The molecule has 0 fully saturated rings. The van der Waals surface area contributed by atoms with Crippen molar-refractivity contribution in [3.63, 3.8) is 0 Å². The van der Waals surface area contributed by atoms with Gasteiger partial charge in [0.2, 0.25) is 5.28 Å². The zero-order chi connectivity index (χ0) is 13.3. The van der Waals surface area contributed by atoms with E-state index in [-0.39, 0.29) is 16.5 Å². The number of fused-ring (bicyclic) bond motifs is 1. The first-order valence-electron chi connectivity index (χ1n) is 5.31. The van der Waals surface area contributed by atoms with Gasteiger partial charge in [-0.3, -0.25) is 0 Å². The molecule has 0 N–H and O–H groups in total. The Hall–Kier alpha value is -1.39. The fourth-order valence-corrected chi connectivity index (χ4v) is 1.93. The molecule has 2 rings (SSSR count). The quantitative estimate of drug-likeness (QED) is 0.481. The SMILES string of the molecule is CC(C)OC(=O)c1ccc2c(Cl)nc(Cl)nc2c1. The normalized spacial score (nSPS) is 10.9. The minimum atomic E-state index is -0.405. The fraction of sp³-hybridized carbons (Fsp3) is 0.250. The van der Waals surface area contributed by atoms with E-state index in [1.807, 2.05) is 0 Å². The number of aromatic nitrogens is 2. The minimum Gasteiger partial charge on any atom is -0.459 e. The molecule has 1 heterocycles. The standard InChI is InChI=1S/C12H10Cl2N2O2/c1-6(2)18-11(17)7-3-4-8-9(5-7)15-12(14)16-10(8)13/h3-6H,1-2H3. The summed E-state index contributed by atoms with van der Waals surface area (Å²) in [6, 6.07) is 4.88. The van der Waals surface area contributed by atoms with Crippen LogP contribution >= 0.6 is 23.2 Å². The summed E-state index contributed by atoms with van der Waals surface area (Å²) in [7, 11) is 0. The van der Waals surface area contributed by atoms with Gasteiger partial charge in [0.1, 0.15) is 5.15 Å². The van der Waals surface area contributed by atoms with E-state index < -0.39 is 5.97 Å². The smallest absolute Gasteiger partial charge is 0.338 e. The van der Waals surface area contributed by atoms with Crippen LogP contribution in [0.1, 0.15) is 24.2 Å². The molecular formula is C12H10Cl2N2O2. The van der Waals surface area contributed by atoms with Gasteiger partial charge in [-0.15, -0.1) is 0 Å². The number of ether oxygens (including phenoxy) is 1. The van der Waals surface area contributed by atoms with Gasteiger partial charge in [0.25, 0.3) is 0 Å². The number of rotatable bonds is 2. The van der Waals surface area contributed by atoms with E-state index in [9.17, 15) is 4.79 Å². The first-order valence-corrected chi connectivity index (χ1v) is 6.07. The Labute approximate surface area is 114 Å². The molecule has 1 aromatic heterocycles. The third kappa shape index (κ3) is 2.71. The molecule has 0 radical (unpaired) electrons. The molecule has 94 valence electrons. The first kappa shape index (κ1) is 13.1. The summed E-state index contributed by atoms with van der Waals surface area (Å²) >= 11 is 11.6. The molecule has 0 aliphatic rings. The number of carbonyl (C=O) groups excluding carboxylic acids is 1. The maximum Gasteiger partial charge on any atom is 0.338 e. The highest BCUT2D eigenvalue weighted by atomic mass is 35.5. The summed E-state index contributed by atoms with van der Waals surface area (Å²) in [5.41, 5.74) is 0.917. The third-order valence-corrected chi connectivity index (χ3v) is 2.66. The zero-order valence-electron chi connectivity index (χ0n) is 9.78. The van der Waals surface area contributed by atoms with Crippen LogP contribution in [0.25, 0.3) is 10.9 Å². The van der Waals surface area contributed by atoms with Crippen LogP contribution in [0.3, 0.4) is 0 Å². The summed E-state index contributed by atoms with van der Waals surface area (Å²) in [6.07, 6.45) is -0.175. The second-order valence-corrected chi connectivity index (χ2v) is 4.67. The number of benzene rings is 1. The Morgan fingerprint density at radius 3 is 2.67 bits per heavy atom. The van der Waals surface area contributed by atoms with Gasteiger partial charge in [-0.05, 0) is 43.6 Å². The van der Waals surface area contributed by atoms with Crippen LogP contribution in [0.5, 0.6) is 0 Å². The monoisotopic (exact) mass is 284 g/mol. The number of hydrogen-bond acceptors (Lipinski definition) is 4. The molecule has 1 aromatic carbocycles. The molecule has 0 aliphatic heterocycles. The number of halogens is 2. The predicted molar refractivity (Wildman–Crippen MR) is 70.1 cm³/mol. The van der Waals surface area contributed by atoms with Crippen molar-refractivity contribution < 1.29 is 9.53 Å². The highest BCUT2D eigenvalue weighted by Crippen LogP contribution is 2.23. The minimum absolute atomic E-state index is 0.0434. The van der Waals surface area contributed by atoms with Crippen LogP contribution in [0.4, 0.5) is 0 Å². The lowest BCUT2D eigenvalue weighted by molar-refractivity contribution is 0.0378. The van der Waals surface area contributed by atoms with Gasteiger partial charge in [-0.25, -0.2) is 14.8 Å². The summed E-state index contributed by atoms with van der Waals surface area (Å²) in [5.74, 6) is -0.405. The van der Waals surface area contributed by atoms with Crippen LogP contribution in [-0.2, 0) is 4.74 Å². The Morgan fingerprint density at radius 1 is 1.28 bits per heavy atom. The van der Waals surface area contributed by atoms with Gasteiger partial charge in [-0.2, -0.15) is 0 Å². The molecule has 0 bridgehead atoms. The van der Waals surface area contributed by atoms with E-state index >= 15 is 0 Å². The van der Waals surface area contributed by atoms with Crippen molar-refractivity contribution >= 4 is 40.1 Å². The van der Waals surface area contributed by atoms with Crippen LogP contribution in [0.2, 0.25) is 10.4 Å². The van der Waals surface area contributed by atoms with Gasteiger partial charge in [-0.1, -0.05) is 11.6 Å². The third-order valence-electron chi connectivity index (χ3n) is 2.20. The van der Waals surface area contributed by atoms with E-state index in [1.54, 1.807) is 32.0 Å². The fourth-order valence-electron chi connectivity index (χ4n) is 1.47. The molecule has 0 amide bonds. The van der Waals surface area contributed by atoms with Crippen molar-refractivity contribution in [1.29, 1.82) is 0 Å². The average Bonchev–Trinajstić information content (AvgIpc) is 2.26. The van der Waals surface area contributed by atoms with Crippen molar-refractivity contribution in [2.24, 2.45) is 0 Å². The van der Waals surface area contributed by atoms with E-state index in [0.29, 0.717) is 16.5 Å². The lowest BCUT2D eigenvalue weighted by Gasteiger charge is -2.08. The second kappa shape index (κ2) is 5.08. The van der Waals surface area contributed by atoms with Crippen LogP contribution in [0.15, 0.2) is 18.2 Å². The van der Waals surface area contributed by atoms with Crippen LogP contribution < -0.4 is 0 Å². The summed E-state index contributed by atoms with van der Waals surface area (Å²) in [4.78, 5) is 19.6. The first-order chi connectivity index (χ1) is 8.47. The molecule has 0 spiro atoms. The van der Waals surface area contributed by atoms with E-state index in [2.05, 4.69) is 9.97 Å². The van der Waals surface area contributed by atoms with Crippen molar-refractivity contribution in [3.05, 3.63) is 34.2 Å². The number of esters is 1. The van der Waals surface area contributed by atoms with Crippen molar-refractivity contribution in [2.75, 3.05) is 0 Å². The zero-order valence-corrected chi connectivity index (χ0v) is 11.3. The van der Waals surface area contributed by atoms with Gasteiger partial charge in [0, 0.05) is 5.39 Å². The van der Waals surface area contributed by atoms with E-state index in [1.165, 1.54) is 0 Å². The molecule has 0 aliphatic carbocycles. The highest BCUT2D eigenvalue weighted by Gasteiger charge is 2.12. The molecule has 2 aromatic rings. The Balaban J connectivity index is 2.47. The van der Waals surface area contributed by atoms with Crippen LogP contribution in [0, 0.1) is 0 Å². The summed E-state index contributed by atoms with van der Waals surface area (Å²) in [6.45, 7) is 3.57. The van der Waals surface area contributed by atoms with Gasteiger partial charge in [0.15, 0.2) is 0 Å². The lowest BCUT2D eigenvalue weighted by atomic mass is 10.1. The van der Waals surface area contributed by atoms with E-state index in [0.717, 1.165) is 0 Å². The topological polar surface area (TPSA) is 52.1 Å². The second-order valence-electron chi connectivity index (χ2n) is 3.97.